The van der Waals surface area contributed by atoms with Gasteiger partial charge >= 0.3 is 0 Å². The molecule has 0 amide bonds. The molecule has 2 aromatic rings. The Morgan fingerprint density at radius 1 is 1.20 bits per heavy atom. The van der Waals surface area contributed by atoms with E-state index in [0.717, 1.165) is 16.5 Å². The van der Waals surface area contributed by atoms with E-state index in [1.807, 2.05) is 24.3 Å². The van der Waals surface area contributed by atoms with Crippen LogP contribution in [-0.4, -0.2) is 11.5 Å². The van der Waals surface area contributed by atoms with E-state index >= 15 is 0 Å². The summed E-state index contributed by atoms with van der Waals surface area (Å²) >= 11 is 9.13. The Bertz CT molecular complexity index is 617. The van der Waals surface area contributed by atoms with Gasteiger partial charge in [0.1, 0.15) is 5.69 Å². The quantitative estimate of drug-likeness (QED) is 0.626. The van der Waals surface area contributed by atoms with E-state index in [1.165, 1.54) is 6.07 Å². The van der Waals surface area contributed by atoms with Gasteiger partial charge in [0.15, 0.2) is 0 Å². The first-order chi connectivity index (χ1) is 9.56. The highest BCUT2D eigenvalue weighted by Gasteiger charge is 2.13. The van der Waals surface area contributed by atoms with Crippen LogP contribution in [0.2, 0.25) is 5.02 Å². The lowest BCUT2D eigenvalue weighted by Gasteiger charge is -2.08. The molecule has 0 fully saturated rings. The van der Waals surface area contributed by atoms with Crippen molar-refractivity contribution in [2.45, 2.75) is 6.42 Å². The van der Waals surface area contributed by atoms with E-state index < -0.39 is 4.92 Å². The van der Waals surface area contributed by atoms with Crippen molar-refractivity contribution in [1.29, 1.82) is 0 Å². The molecular weight excluding hydrogens is 344 g/mol. The van der Waals surface area contributed by atoms with E-state index in [-0.39, 0.29) is 5.69 Å². The standard InChI is InChI=1S/C14H12BrClN2O2/c15-11-3-6-14(18(19)20)13(9-11)17-8-7-10-1-4-12(16)5-2-10/h1-6,9,17H,7-8H2. The first kappa shape index (κ1) is 14.8. The van der Waals surface area contributed by atoms with Crippen LogP contribution in [-0.2, 0) is 6.42 Å². The van der Waals surface area contributed by atoms with Crippen molar-refractivity contribution >= 4 is 38.9 Å². The molecule has 0 bridgehead atoms. The van der Waals surface area contributed by atoms with Crippen LogP contribution < -0.4 is 5.32 Å². The zero-order chi connectivity index (χ0) is 14.5. The molecular formula is C14H12BrClN2O2. The summed E-state index contributed by atoms with van der Waals surface area (Å²) in [7, 11) is 0. The van der Waals surface area contributed by atoms with Crippen molar-refractivity contribution in [3.8, 4) is 0 Å². The second-order valence-electron chi connectivity index (χ2n) is 4.22. The van der Waals surface area contributed by atoms with E-state index in [9.17, 15) is 10.1 Å². The minimum absolute atomic E-state index is 0.0734. The molecule has 0 spiro atoms. The molecule has 0 saturated heterocycles. The van der Waals surface area contributed by atoms with Crippen molar-refractivity contribution in [2.24, 2.45) is 0 Å². The van der Waals surface area contributed by atoms with Crippen molar-refractivity contribution in [1.82, 2.24) is 0 Å². The molecule has 0 aliphatic rings. The number of halogens is 2. The molecule has 20 heavy (non-hydrogen) atoms. The summed E-state index contributed by atoms with van der Waals surface area (Å²) in [6.45, 7) is 0.610. The lowest BCUT2D eigenvalue weighted by atomic mass is 10.1. The largest absolute Gasteiger partial charge is 0.379 e. The number of benzene rings is 2. The minimum atomic E-state index is -0.392. The molecule has 0 unspecified atom stereocenters. The maximum Gasteiger partial charge on any atom is 0.292 e. The summed E-state index contributed by atoms with van der Waals surface area (Å²) in [6, 6.07) is 12.4. The van der Waals surface area contributed by atoms with Gasteiger partial charge in [0.25, 0.3) is 5.69 Å². The van der Waals surface area contributed by atoms with Crippen molar-refractivity contribution in [2.75, 3.05) is 11.9 Å². The smallest absolute Gasteiger partial charge is 0.292 e. The highest BCUT2D eigenvalue weighted by atomic mass is 79.9. The van der Waals surface area contributed by atoms with Gasteiger partial charge < -0.3 is 5.32 Å². The van der Waals surface area contributed by atoms with Gasteiger partial charge in [-0.15, -0.1) is 0 Å². The zero-order valence-corrected chi connectivity index (χ0v) is 12.8. The molecule has 6 heteroatoms. The minimum Gasteiger partial charge on any atom is -0.379 e. The molecule has 0 aliphatic heterocycles. The van der Waals surface area contributed by atoms with Crippen LogP contribution in [0.5, 0.6) is 0 Å². The first-order valence-electron chi connectivity index (χ1n) is 5.98. The molecule has 2 aromatic carbocycles. The molecule has 4 nitrogen and oxygen atoms in total. The molecule has 104 valence electrons. The van der Waals surface area contributed by atoms with Crippen LogP contribution in [0.4, 0.5) is 11.4 Å². The summed E-state index contributed by atoms with van der Waals surface area (Å²) in [5, 5.41) is 14.7. The monoisotopic (exact) mass is 354 g/mol. The Morgan fingerprint density at radius 2 is 1.90 bits per heavy atom. The van der Waals surface area contributed by atoms with Crippen LogP contribution in [0.25, 0.3) is 0 Å². The number of nitrogens with one attached hydrogen (secondary N) is 1. The van der Waals surface area contributed by atoms with Crippen LogP contribution in [0.3, 0.4) is 0 Å². The summed E-state index contributed by atoms with van der Waals surface area (Å²) in [5.74, 6) is 0. The molecule has 1 N–H and O–H groups in total. The van der Waals surface area contributed by atoms with Gasteiger partial charge in [0.2, 0.25) is 0 Å². The number of rotatable bonds is 5. The van der Waals surface area contributed by atoms with Crippen molar-refractivity contribution in [3.05, 3.63) is 67.6 Å². The van der Waals surface area contributed by atoms with E-state index in [1.54, 1.807) is 12.1 Å². The van der Waals surface area contributed by atoms with Gasteiger partial charge in [0, 0.05) is 22.1 Å². The third kappa shape index (κ3) is 3.95. The molecule has 0 radical (unpaired) electrons. The summed E-state index contributed by atoms with van der Waals surface area (Å²) in [6.07, 6.45) is 0.765. The number of nitrogens with zero attached hydrogens (tertiary/aromatic N) is 1. The highest BCUT2D eigenvalue weighted by Crippen LogP contribution is 2.27. The summed E-state index contributed by atoms with van der Waals surface area (Å²) in [5.41, 5.74) is 1.71. The van der Waals surface area contributed by atoms with Crippen LogP contribution in [0, 0.1) is 10.1 Å². The van der Waals surface area contributed by atoms with Gasteiger partial charge in [-0.05, 0) is 36.2 Å². The summed E-state index contributed by atoms with van der Waals surface area (Å²) < 4.78 is 0.803. The zero-order valence-electron chi connectivity index (χ0n) is 10.5. The predicted octanol–water partition coefficient (Wildman–Crippen LogP) is 4.67. The Morgan fingerprint density at radius 3 is 2.55 bits per heavy atom. The van der Waals surface area contributed by atoms with Gasteiger partial charge in [-0.1, -0.05) is 39.7 Å². The van der Waals surface area contributed by atoms with Gasteiger partial charge in [-0.25, -0.2) is 0 Å². The first-order valence-corrected chi connectivity index (χ1v) is 7.15. The average molecular weight is 356 g/mol. The number of nitro groups is 1. The van der Waals surface area contributed by atoms with E-state index in [0.29, 0.717) is 17.3 Å². The second-order valence-corrected chi connectivity index (χ2v) is 5.57. The molecule has 2 rings (SSSR count). The van der Waals surface area contributed by atoms with Gasteiger partial charge in [-0.2, -0.15) is 0 Å². The third-order valence-electron chi connectivity index (χ3n) is 2.80. The number of hydrogen-bond donors (Lipinski definition) is 1. The molecule has 0 aromatic heterocycles. The Hall–Kier alpha value is -1.59. The number of nitro benzene ring substituents is 1. The maximum absolute atomic E-state index is 10.9. The summed E-state index contributed by atoms with van der Waals surface area (Å²) in [4.78, 5) is 10.5. The van der Waals surface area contributed by atoms with Crippen LogP contribution >= 0.6 is 27.5 Å². The topological polar surface area (TPSA) is 55.2 Å². The Labute approximate surface area is 130 Å². The van der Waals surface area contributed by atoms with Gasteiger partial charge in [0.05, 0.1) is 4.92 Å². The SMILES string of the molecule is O=[N+]([O-])c1ccc(Br)cc1NCCc1ccc(Cl)cc1. The normalized spacial score (nSPS) is 10.3. The van der Waals surface area contributed by atoms with E-state index in [4.69, 9.17) is 11.6 Å². The fourth-order valence-electron chi connectivity index (χ4n) is 1.80. The Balaban J connectivity index is 2.02. The Kier molecular flexibility index (Phi) is 4.98. The second kappa shape index (κ2) is 6.72. The number of hydrogen-bond acceptors (Lipinski definition) is 3. The van der Waals surface area contributed by atoms with E-state index in [2.05, 4.69) is 21.2 Å². The van der Waals surface area contributed by atoms with Crippen molar-refractivity contribution in [3.63, 3.8) is 0 Å². The average Bonchev–Trinajstić information content (AvgIpc) is 2.41. The molecule has 0 saturated carbocycles. The maximum atomic E-state index is 10.9. The fraction of sp³-hybridized carbons (Fsp3) is 0.143. The lowest BCUT2D eigenvalue weighted by molar-refractivity contribution is -0.384. The molecule has 0 atom stereocenters. The van der Waals surface area contributed by atoms with Gasteiger partial charge in [-0.3, -0.25) is 10.1 Å². The molecule has 0 aliphatic carbocycles. The highest BCUT2D eigenvalue weighted by molar-refractivity contribution is 9.10. The third-order valence-corrected chi connectivity index (χ3v) is 3.54. The molecule has 0 heterocycles. The van der Waals surface area contributed by atoms with Crippen LogP contribution in [0.15, 0.2) is 46.9 Å². The fourth-order valence-corrected chi connectivity index (χ4v) is 2.29. The number of anilines is 1. The van der Waals surface area contributed by atoms with Crippen LogP contribution in [0.1, 0.15) is 5.56 Å². The lowest BCUT2D eigenvalue weighted by Crippen LogP contribution is -2.06. The predicted molar refractivity (Wildman–Crippen MR) is 84.4 cm³/mol. The van der Waals surface area contributed by atoms with Crippen molar-refractivity contribution < 1.29 is 4.92 Å².